The molecule has 0 fully saturated rings. The molecule has 196 valence electrons. The molecular formula is C32H27ClN2O4. The van der Waals surface area contributed by atoms with Gasteiger partial charge in [-0.25, -0.2) is 4.79 Å². The molecule has 1 aliphatic rings. The molecule has 6 nitrogen and oxygen atoms in total. The molecular weight excluding hydrogens is 512 g/mol. The largest absolute Gasteiger partial charge is 0.497 e. The van der Waals surface area contributed by atoms with Crippen LogP contribution in [-0.4, -0.2) is 29.6 Å². The number of hydrogen-bond donors (Lipinski definition) is 1. The summed E-state index contributed by atoms with van der Waals surface area (Å²) in [6.07, 6.45) is 0.258. The van der Waals surface area contributed by atoms with Crippen molar-refractivity contribution in [3.05, 3.63) is 124 Å². The number of H-pyrrole nitrogens is 1. The number of aromatic nitrogens is 1. The summed E-state index contributed by atoms with van der Waals surface area (Å²) in [7, 11) is 1.64. The van der Waals surface area contributed by atoms with E-state index in [1.807, 2.05) is 66.7 Å². The highest BCUT2D eigenvalue weighted by atomic mass is 35.5. The zero-order valence-electron chi connectivity index (χ0n) is 21.4. The molecule has 1 aliphatic heterocycles. The van der Waals surface area contributed by atoms with E-state index in [-0.39, 0.29) is 6.04 Å². The Balaban J connectivity index is 1.34. The highest BCUT2D eigenvalue weighted by Gasteiger charge is 2.35. The van der Waals surface area contributed by atoms with Crippen LogP contribution in [0, 0.1) is 0 Å². The van der Waals surface area contributed by atoms with Crippen LogP contribution < -0.4 is 14.2 Å². The number of fused-ring (bicyclic) bond motifs is 3. The molecule has 0 saturated carbocycles. The van der Waals surface area contributed by atoms with Gasteiger partial charge in [0.05, 0.1) is 7.11 Å². The minimum absolute atomic E-state index is 0.361. The van der Waals surface area contributed by atoms with Crippen LogP contribution in [0.1, 0.15) is 28.4 Å². The number of carbonyl (C=O) groups is 1. The molecule has 0 aliphatic carbocycles. The van der Waals surface area contributed by atoms with Gasteiger partial charge in [0, 0.05) is 28.2 Å². The topological polar surface area (TPSA) is 63.8 Å². The number of methoxy groups -OCH3 is 1. The van der Waals surface area contributed by atoms with E-state index < -0.39 is 6.09 Å². The Kier molecular flexibility index (Phi) is 6.86. The summed E-state index contributed by atoms with van der Waals surface area (Å²) in [5.41, 5.74) is 5.21. The van der Waals surface area contributed by atoms with Gasteiger partial charge in [0.2, 0.25) is 0 Å². The quantitative estimate of drug-likeness (QED) is 0.242. The average Bonchev–Trinajstić information content (AvgIpc) is 3.35. The summed E-state index contributed by atoms with van der Waals surface area (Å²) in [6, 6.07) is 30.4. The minimum Gasteiger partial charge on any atom is -0.497 e. The van der Waals surface area contributed by atoms with Gasteiger partial charge >= 0.3 is 6.09 Å². The number of aromatic amines is 1. The standard InChI is InChI=1S/C32H27ClN2O4/c1-37-24-11-7-22(8-12-24)31-30-27(17-18-35(31)32(36)39-25-13-9-23(33)10-14-25)28-19-26(15-16-29(28)34-30)38-20-21-5-3-2-4-6-21/h2-16,19,31,34H,17-18,20H2,1H3. The van der Waals surface area contributed by atoms with Crippen molar-refractivity contribution in [2.45, 2.75) is 19.1 Å². The van der Waals surface area contributed by atoms with E-state index >= 15 is 0 Å². The van der Waals surface area contributed by atoms with Gasteiger partial charge in [-0.05, 0) is 77.7 Å². The lowest BCUT2D eigenvalue weighted by atomic mass is 9.92. The van der Waals surface area contributed by atoms with Gasteiger partial charge in [0.15, 0.2) is 0 Å². The molecule has 6 rings (SSSR count). The number of amides is 1. The van der Waals surface area contributed by atoms with E-state index in [0.717, 1.165) is 39.2 Å². The smallest absolute Gasteiger partial charge is 0.416 e. The van der Waals surface area contributed by atoms with E-state index in [1.165, 1.54) is 5.56 Å². The van der Waals surface area contributed by atoms with E-state index in [4.69, 9.17) is 25.8 Å². The first-order valence-electron chi connectivity index (χ1n) is 12.8. The van der Waals surface area contributed by atoms with E-state index in [2.05, 4.69) is 11.1 Å². The van der Waals surface area contributed by atoms with Gasteiger partial charge in [-0.15, -0.1) is 0 Å². The van der Waals surface area contributed by atoms with Gasteiger partial charge in [-0.3, -0.25) is 4.90 Å². The average molecular weight is 539 g/mol. The zero-order chi connectivity index (χ0) is 26.8. The van der Waals surface area contributed by atoms with Crippen molar-refractivity contribution in [2.24, 2.45) is 0 Å². The molecule has 0 spiro atoms. The van der Waals surface area contributed by atoms with Crippen molar-refractivity contribution in [3.63, 3.8) is 0 Å². The third kappa shape index (κ3) is 5.16. The summed E-state index contributed by atoms with van der Waals surface area (Å²) in [5, 5.41) is 1.68. The fourth-order valence-corrected chi connectivity index (χ4v) is 5.22. The van der Waals surface area contributed by atoms with E-state index in [0.29, 0.717) is 30.3 Å². The van der Waals surface area contributed by atoms with Gasteiger partial charge in [0.25, 0.3) is 0 Å². The molecule has 1 atom stereocenters. The van der Waals surface area contributed by atoms with Crippen molar-refractivity contribution >= 4 is 28.6 Å². The fourth-order valence-electron chi connectivity index (χ4n) is 5.09. The summed E-state index contributed by atoms with van der Waals surface area (Å²) in [5.74, 6) is 2.00. The maximum absolute atomic E-state index is 13.5. The molecule has 0 bridgehead atoms. The van der Waals surface area contributed by atoms with Crippen LogP contribution in [0.15, 0.2) is 97.1 Å². The number of nitrogens with one attached hydrogen (secondary N) is 1. The van der Waals surface area contributed by atoms with Crippen LogP contribution in [0.2, 0.25) is 5.02 Å². The van der Waals surface area contributed by atoms with Crippen molar-refractivity contribution in [1.82, 2.24) is 9.88 Å². The summed E-state index contributed by atoms with van der Waals surface area (Å²) >= 11 is 6.01. The van der Waals surface area contributed by atoms with Gasteiger partial charge in [0.1, 0.15) is 29.9 Å². The molecule has 0 saturated heterocycles. The zero-order valence-corrected chi connectivity index (χ0v) is 22.2. The fraction of sp³-hybridized carbons (Fsp3) is 0.156. The number of benzene rings is 4. The Morgan fingerprint density at radius 3 is 2.38 bits per heavy atom. The number of hydrogen-bond acceptors (Lipinski definition) is 4. The lowest BCUT2D eigenvalue weighted by Gasteiger charge is -2.35. The first kappa shape index (κ1) is 24.9. The van der Waals surface area contributed by atoms with Crippen molar-refractivity contribution in [2.75, 3.05) is 13.7 Å². The van der Waals surface area contributed by atoms with Gasteiger partial charge < -0.3 is 19.2 Å². The lowest BCUT2D eigenvalue weighted by Crippen LogP contribution is -2.42. The van der Waals surface area contributed by atoms with Crippen molar-refractivity contribution in [1.29, 1.82) is 0 Å². The van der Waals surface area contributed by atoms with Crippen molar-refractivity contribution < 1.29 is 19.0 Å². The molecule has 1 unspecified atom stereocenters. The molecule has 5 aromatic rings. The van der Waals surface area contributed by atoms with Crippen LogP contribution in [0.5, 0.6) is 17.2 Å². The second-order valence-electron chi connectivity index (χ2n) is 9.44. The first-order valence-corrected chi connectivity index (χ1v) is 13.2. The molecule has 0 radical (unpaired) electrons. The Morgan fingerprint density at radius 1 is 0.923 bits per heavy atom. The number of rotatable bonds is 6. The first-order chi connectivity index (χ1) is 19.1. The molecule has 1 amide bonds. The molecule has 39 heavy (non-hydrogen) atoms. The highest BCUT2D eigenvalue weighted by Crippen LogP contribution is 2.40. The van der Waals surface area contributed by atoms with Crippen molar-refractivity contribution in [3.8, 4) is 17.2 Å². The van der Waals surface area contributed by atoms with E-state index in [1.54, 1.807) is 36.3 Å². The number of carbonyl (C=O) groups excluding carboxylic acids is 1. The van der Waals surface area contributed by atoms with Crippen LogP contribution in [-0.2, 0) is 13.0 Å². The molecule has 1 aromatic heterocycles. The predicted molar refractivity (Wildman–Crippen MR) is 152 cm³/mol. The number of ether oxygens (including phenoxy) is 3. The molecule has 2 heterocycles. The van der Waals surface area contributed by atoms with Gasteiger partial charge in [-0.1, -0.05) is 54.1 Å². The van der Waals surface area contributed by atoms with Crippen LogP contribution in [0.4, 0.5) is 4.79 Å². The summed E-state index contributed by atoms with van der Waals surface area (Å²) in [6.45, 7) is 0.996. The molecule has 7 heteroatoms. The SMILES string of the molecule is COc1ccc(C2c3[nH]c4ccc(OCc5ccccc5)cc4c3CCN2C(=O)Oc2ccc(Cl)cc2)cc1. The Bertz CT molecular complexity index is 1600. The highest BCUT2D eigenvalue weighted by molar-refractivity contribution is 6.30. The normalized spacial score (nSPS) is 14.6. The summed E-state index contributed by atoms with van der Waals surface area (Å²) in [4.78, 5) is 18.8. The third-order valence-corrected chi connectivity index (χ3v) is 7.28. The maximum atomic E-state index is 13.5. The monoisotopic (exact) mass is 538 g/mol. The Labute approximate surface area is 231 Å². The van der Waals surface area contributed by atoms with Crippen LogP contribution in [0.25, 0.3) is 10.9 Å². The molecule has 4 aromatic carbocycles. The van der Waals surface area contributed by atoms with Crippen LogP contribution in [0.3, 0.4) is 0 Å². The second kappa shape index (κ2) is 10.8. The Morgan fingerprint density at radius 2 is 1.64 bits per heavy atom. The van der Waals surface area contributed by atoms with Gasteiger partial charge in [-0.2, -0.15) is 0 Å². The maximum Gasteiger partial charge on any atom is 0.416 e. The third-order valence-electron chi connectivity index (χ3n) is 7.03. The molecule has 1 N–H and O–H groups in total. The lowest BCUT2D eigenvalue weighted by molar-refractivity contribution is 0.135. The Hall–Kier alpha value is -4.42. The van der Waals surface area contributed by atoms with Crippen LogP contribution >= 0.6 is 11.6 Å². The van der Waals surface area contributed by atoms with E-state index in [9.17, 15) is 4.79 Å². The summed E-state index contributed by atoms with van der Waals surface area (Å²) < 4.78 is 17.2. The number of nitrogens with zero attached hydrogens (tertiary/aromatic N) is 1. The minimum atomic E-state index is -0.422. The predicted octanol–water partition coefficient (Wildman–Crippen LogP) is 7.56. The number of halogens is 1. The second-order valence-corrected chi connectivity index (χ2v) is 9.88.